The molecule has 2 unspecified atom stereocenters. The smallest absolute Gasteiger partial charge is 0.153 e. The summed E-state index contributed by atoms with van der Waals surface area (Å²) in [7, 11) is 0. The first kappa shape index (κ1) is 15.7. The lowest BCUT2D eigenvalue weighted by atomic mass is 9.64. The van der Waals surface area contributed by atoms with Gasteiger partial charge in [-0.1, -0.05) is 33.8 Å². The first-order chi connectivity index (χ1) is 9.81. The number of Topliss-reactive ketones (excluding diaryl/α,β-unsaturated/α-hetero) is 2. The quantitative estimate of drug-likeness (QED) is 0.686. The number of ketones is 2. The molecule has 0 bridgehead atoms. The molecule has 1 fully saturated rings. The van der Waals surface area contributed by atoms with Crippen molar-refractivity contribution in [2.75, 3.05) is 0 Å². The molecule has 1 aliphatic carbocycles. The molecule has 4 nitrogen and oxygen atoms in total. The summed E-state index contributed by atoms with van der Waals surface area (Å²) in [6, 6.07) is 5.37. The number of aryl methyl sites for hydroxylation is 1. The highest BCUT2D eigenvalue weighted by Gasteiger charge is 2.46. The molecule has 1 saturated carbocycles. The van der Waals surface area contributed by atoms with Crippen LogP contribution in [0.3, 0.4) is 0 Å². The number of carbonyl (C=O) groups is 2. The van der Waals surface area contributed by atoms with Crippen LogP contribution in [0.15, 0.2) is 18.2 Å². The topological polar surface area (TPSA) is 69.4 Å². The van der Waals surface area contributed by atoms with E-state index in [0.29, 0.717) is 12.2 Å². The first-order valence-corrected chi connectivity index (χ1v) is 7.39. The summed E-state index contributed by atoms with van der Waals surface area (Å²) in [6.07, 6.45) is 1.36. The van der Waals surface area contributed by atoms with Crippen molar-refractivity contribution in [2.24, 2.45) is 17.2 Å². The van der Waals surface area contributed by atoms with Crippen LogP contribution in [-0.4, -0.2) is 11.6 Å². The molecule has 0 radical (unpaired) electrons. The van der Waals surface area contributed by atoms with Crippen molar-refractivity contribution in [3.63, 3.8) is 0 Å². The van der Waals surface area contributed by atoms with Crippen LogP contribution < -0.4 is 10.7 Å². The number of carbonyl (C=O) groups excluding carboxylic acids is 2. The standard InChI is InChI=1S/C17H23NO3/c1-5-11-6-7-12(21-18)8-13(11)14-15(19)10(2)9-17(3,4)16(14)20/h6-8,10,14H,5,9,18H2,1-4H3. The van der Waals surface area contributed by atoms with Gasteiger partial charge in [0.2, 0.25) is 0 Å². The fourth-order valence-corrected chi connectivity index (χ4v) is 3.30. The number of rotatable bonds is 3. The predicted molar refractivity (Wildman–Crippen MR) is 81.0 cm³/mol. The zero-order valence-corrected chi connectivity index (χ0v) is 13.1. The zero-order chi connectivity index (χ0) is 15.8. The Bertz CT molecular complexity index is 577. The molecule has 2 rings (SSSR count). The second kappa shape index (κ2) is 5.60. The van der Waals surface area contributed by atoms with E-state index in [-0.39, 0.29) is 17.5 Å². The maximum Gasteiger partial charge on any atom is 0.153 e. The summed E-state index contributed by atoms with van der Waals surface area (Å²) in [5, 5.41) is 0. The average molecular weight is 289 g/mol. The Kier molecular flexibility index (Phi) is 4.19. The molecule has 0 spiro atoms. The van der Waals surface area contributed by atoms with Gasteiger partial charge < -0.3 is 4.84 Å². The summed E-state index contributed by atoms with van der Waals surface area (Å²) < 4.78 is 0. The van der Waals surface area contributed by atoms with Gasteiger partial charge in [0.15, 0.2) is 11.6 Å². The van der Waals surface area contributed by atoms with Crippen molar-refractivity contribution in [2.45, 2.75) is 46.5 Å². The number of hydrogen-bond donors (Lipinski definition) is 1. The van der Waals surface area contributed by atoms with Crippen molar-refractivity contribution in [3.05, 3.63) is 29.3 Å². The van der Waals surface area contributed by atoms with Crippen molar-refractivity contribution in [1.82, 2.24) is 0 Å². The van der Waals surface area contributed by atoms with Crippen LogP contribution in [0.25, 0.3) is 0 Å². The van der Waals surface area contributed by atoms with Gasteiger partial charge in [0.1, 0.15) is 11.7 Å². The van der Waals surface area contributed by atoms with Crippen molar-refractivity contribution < 1.29 is 14.4 Å². The minimum atomic E-state index is -0.700. The molecule has 4 heteroatoms. The van der Waals surface area contributed by atoms with Crippen LogP contribution in [0.1, 0.15) is 51.2 Å². The van der Waals surface area contributed by atoms with Gasteiger partial charge in [-0.15, -0.1) is 0 Å². The molecule has 2 atom stereocenters. The molecule has 0 aromatic heterocycles. The van der Waals surface area contributed by atoms with E-state index >= 15 is 0 Å². The fourth-order valence-electron chi connectivity index (χ4n) is 3.30. The maximum absolute atomic E-state index is 12.8. The van der Waals surface area contributed by atoms with Gasteiger partial charge >= 0.3 is 0 Å². The molecule has 1 aromatic rings. The second-order valence-electron chi connectivity index (χ2n) is 6.52. The first-order valence-electron chi connectivity index (χ1n) is 7.39. The normalized spacial score (nSPS) is 25.0. The van der Waals surface area contributed by atoms with Crippen LogP contribution in [0.2, 0.25) is 0 Å². The number of benzene rings is 1. The molecule has 2 N–H and O–H groups in total. The van der Waals surface area contributed by atoms with Gasteiger partial charge in [0, 0.05) is 11.3 Å². The molecule has 0 amide bonds. The lowest BCUT2D eigenvalue weighted by molar-refractivity contribution is -0.142. The van der Waals surface area contributed by atoms with Gasteiger partial charge in [-0.3, -0.25) is 9.59 Å². The fraction of sp³-hybridized carbons (Fsp3) is 0.529. The molecule has 0 aliphatic heterocycles. The molecule has 0 heterocycles. The van der Waals surface area contributed by atoms with Crippen LogP contribution in [-0.2, 0) is 16.0 Å². The summed E-state index contributed by atoms with van der Waals surface area (Å²) in [4.78, 5) is 30.1. The van der Waals surface area contributed by atoms with E-state index in [1.807, 2.05) is 33.8 Å². The maximum atomic E-state index is 12.8. The van der Waals surface area contributed by atoms with E-state index in [4.69, 9.17) is 10.7 Å². The largest absolute Gasteiger partial charge is 0.412 e. The molecule has 1 aliphatic rings. The SMILES string of the molecule is CCc1ccc(ON)cc1C1C(=O)C(C)CC(C)(C)C1=O. The summed E-state index contributed by atoms with van der Waals surface area (Å²) in [5.41, 5.74) is 1.25. The van der Waals surface area contributed by atoms with E-state index in [0.717, 1.165) is 17.5 Å². The van der Waals surface area contributed by atoms with Gasteiger partial charge in [-0.05, 0) is 36.1 Å². The third-order valence-electron chi connectivity index (χ3n) is 4.46. The Morgan fingerprint density at radius 3 is 2.57 bits per heavy atom. The highest BCUT2D eigenvalue weighted by molar-refractivity contribution is 6.12. The summed E-state index contributed by atoms with van der Waals surface area (Å²) in [6.45, 7) is 7.74. The van der Waals surface area contributed by atoms with Gasteiger partial charge in [-0.2, -0.15) is 5.90 Å². The van der Waals surface area contributed by atoms with Crippen LogP contribution in [0.5, 0.6) is 5.75 Å². The van der Waals surface area contributed by atoms with E-state index in [1.165, 1.54) is 0 Å². The van der Waals surface area contributed by atoms with Gasteiger partial charge in [-0.25, -0.2) is 0 Å². The Hall–Kier alpha value is -1.68. The van der Waals surface area contributed by atoms with Crippen molar-refractivity contribution >= 4 is 11.6 Å². The van der Waals surface area contributed by atoms with Gasteiger partial charge in [0.25, 0.3) is 0 Å². The minimum absolute atomic E-state index is 0.00296. The third-order valence-corrected chi connectivity index (χ3v) is 4.46. The van der Waals surface area contributed by atoms with E-state index in [2.05, 4.69) is 0 Å². The second-order valence-corrected chi connectivity index (χ2v) is 6.52. The van der Waals surface area contributed by atoms with E-state index in [1.54, 1.807) is 12.1 Å². The van der Waals surface area contributed by atoms with Crippen LogP contribution >= 0.6 is 0 Å². The molecular formula is C17H23NO3. The minimum Gasteiger partial charge on any atom is -0.412 e. The average Bonchev–Trinajstić information content (AvgIpc) is 2.45. The lowest BCUT2D eigenvalue weighted by Gasteiger charge is -2.37. The highest BCUT2D eigenvalue weighted by atomic mass is 16.6. The summed E-state index contributed by atoms with van der Waals surface area (Å²) >= 11 is 0. The monoisotopic (exact) mass is 289 g/mol. The predicted octanol–water partition coefficient (Wildman–Crippen LogP) is 2.79. The van der Waals surface area contributed by atoms with Crippen LogP contribution in [0.4, 0.5) is 0 Å². The molecule has 0 saturated heterocycles. The summed E-state index contributed by atoms with van der Waals surface area (Å²) in [5.74, 6) is 4.87. The lowest BCUT2D eigenvalue weighted by Crippen LogP contribution is -2.43. The Morgan fingerprint density at radius 2 is 2.00 bits per heavy atom. The van der Waals surface area contributed by atoms with E-state index in [9.17, 15) is 9.59 Å². The Morgan fingerprint density at radius 1 is 1.33 bits per heavy atom. The van der Waals surface area contributed by atoms with Gasteiger partial charge in [0.05, 0.1) is 0 Å². The molecule has 114 valence electrons. The zero-order valence-electron chi connectivity index (χ0n) is 13.1. The third kappa shape index (κ3) is 2.72. The molecular weight excluding hydrogens is 266 g/mol. The Labute approximate surface area is 125 Å². The van der Waals surface area contributed by atoms with Crippen molar-refractivity contribution in [3.8, 4) is 5.75 Å². The molecule has 21 heavy (non-hydrogen) atoms. The highest BCUT2D eigenvalue weighted by Crippen LogP contribution is 2.42. The molecule has 1 aromatic carbocycles. The Balaban J connectivity index is 2.57. The number of hydrogen-bond acceptors (Lipinski definition) is 4. The van der Waals surface area contributed by atoms with E-state index < -0.39 is 11.3 Å². The number of nitrogens with two attached hydrogens (primary N) is 1. The van der Waals surface area contributed by atoms with Crippen molar-refractivity contribution in [1.29, 1.82) is 0 Å². The van der Waals surface area contributed by atoms with Crippen LogP contribution in [0, 0.1) is 11.3 Å².